The third kappa shape index (κ3) is 3.24. The maximum atomic E-state index is 12.8. The van der Waals surface area contributed by atoms with Crippen molar-refractivity contribution in [2.75, 3.05) is 6.61 Å². The number of carbonyl (C=O) groups is 1. The second kappa shape index (κ2) is 6.19. The molecule has 1 saturated heterocycles. The van der Waals surface area contributed by atoms with E-state index in [0.717, 1.165) is 38.5 Å². The highest BCUT2D eigenvalue weighted by atomic mass is 16.5. The van der Waals surface area contributed by atoms with Crippen LogP contribution in [0.25, 0.3) is 0 Å². The molecule has 2 heterocycles. The zero-order valence-electron chi connectivity index (χ0n) is 13.5. The Balaban J connectivity index is 1.41. The number of nitrogens with zero attached hydrogens (tertiary/aromatic N) is 3. The average molecular weight is 319 g/mol. The van der Waals surface area contributed by atoms with Crippen LogP contribution in [0.4, 0.5) is 0 Å². The van der Waals surface area contributed by atoms with E-state index in [2.05, 4.69) is 25.9 Å². The van der Waals surface area contributed by atoms with E-state index < -0.39 is 0 Å². The number of rotatable bonds is 4. The standard InChI is InChI=1S/C16H25N5O2/c22-15(17-13(11-4-5-11)14-18-20-21-19-14)12-6-9-23-16(10-12)7-2-1-3-8-16/h11-13H,1-10H2,(H,17,22)(H,18,19,20,21). The van der Waals surface area contributed by atoms with Crippen molar-refractivity contribution in [3.05, 3.63) is 5.82 Å². The molecular weight excluding hydrogens is 294 g/mol. The van der Waals surface area contributed by atoms with Crippen LogP contribution in [0.3, 0.4) is 0 Å². The van der Waals surface area contributed by atoms with E-state index in [1.807, 2.05) is 0 Å². The molecule has 1 aromatic rings. The van der Waals surface area contributed by atoms with E-state index in [4.69, 9.17) is 4.74 Å². The number of carbonyl (C=O) groups excluding carboxylic acids is 1. The van der Waals surface area contributed by atoms with Gasteiger partial charge in [-0.2, -0.15) is 5.21 Å². The van der Waals surface area contributed by atoms with Gasteiger partial charge in [0.05, 0.1) is 11.6 Å². The lowest BCUT2D eigenvalue weighted by atomic mass is 9.76. The smallest absolute Gasteiger partial charge is 0.223 e. The second-order valence-corrected chi connectivity index (χ2v) is 7.38. The largest absolute Gasteiger partial charge is 0.375 e. The first-order valence-corrected chi connectivity index (χ1v) is 8.93. The zero-order valence-corrected chi connectivity index (χ0v) is 13.5. The molecule has 126 valence electrons. The van der Waals surface area contributed by atoms with Gasteiger partial charge in [-0.3, -0.25) is 4.79 Å². The third-order valence-electron chi connectivity index (χ3n) is 5.66. The molecule has 4 rings (SSSR count). The number of nitrogens with one attached hydrogen (secondary N) is 2. The van der Waals surface area contributed by atoms with Crippen molar-refractivity contribution in [2.24, 2.45) is 11.8 Å². The van der Waals surface area contributed by atoms with Crippen LogP contribution in [-0.4, -0.2) is 38.7 Å². The summed E-state index contributed by atoms with van der Waals surface area (Å²) >= 11 is 0. The Hall–Kier alpha value is -1.50. The molecule has 0 bridgehead atoms. The van der Waals surface area contributed by atoms with Crippen LogP contribution in [-0.2, 0) is 9.53 Å². The predicted molar refractivity (Wildman–Crippen MR) is 82.3 cm³/mol. The van der Waals surface area contributed by atoms with Crippen molar-refractivity contribution >= 4 is 5.91 Å². The number of hydrogen-bond acceptors (Lipinski definition) is 5. The SMILES string of the molecule is O=C(NC(c1nn[nH]n1)C1CC1)C1CCOC2(CCCCC2)C1. The number of aromatic nitrogens is 4. The van der Waals surface area contributed by atoms with Gasteiger partial charge >= 0.3 is 0 Å². The monoisotopic (exact) mass is 319 g/mol. The van der Waals surface area contributed by atoms with Gasteiger partial charge < -0.3 is 10.1 Å². The molecular formula is C16H25N5O2. The lowest BCUT2D eigenvalue weighted by molar-refractivity contribution is -0.145. The zero-order chi connectivity index (χ0) is 15.7. The second-order valence-electron chi connectivity index (χ2n) is 7.38. The fraction of sp³-hybridized carbons (Fsp3) is 0.875. The topological polar surface area (TPSA) is 92.8 Å². The van der Waals surface area contributed by atoms with Crippen LogP contribution in [0.1, 0.15) is 69.7 Å². The Labute approximate surface area is 135 Å². The highest BCUT2D eigenvalue weighted by molar-refractivity contribution is 5.79. The highest BCUT2D eigenvalue weighted by Gasteiger charge is 2.42. The van der Waals surface area contributed by atoms with Crippen molar-refractivity contribution in [1.82, 2.24) is 25.9 Å². The molecule has 2 N–H and O–H groups in total. The Morgan fingerprint density at radius 2 is 2.09 bits per heavy atom. The summed E-state index contributed by atoms with van der Waals surface area (Å²) in [5.74, 6) is 1.26. The molecule has 0 radical (unpaired) electrons. The fourth-order valence-electron chi connectivity index (χ4n) is 4.19. The molecule has 1 amide bonds. The van der Waals surface area contributed by atoms with Gasteiger partial charge in [-0.05, 0) is 44.4 Å². The molecule has 23 heavy (non-hydrogen) atoms. The van der Waals surface area contributed by atoms with Crippen LogP contribution < -0.4 is 5.32 Å². The molecule has 7 nitrogen and oxygen atoms in total. The average Bonchev–Trinajstić information content (AvgIpc) is 3.27. The van der Waals surface area contributed by atoms with E-state index in [9.17, 15) is 4.79 Å². The van der Waals surface area contributed by atoms with E-state index in [1.54, 1.807) is 0 Å². The first-order valence-electron chi connectivity index (χ1n) is 8.93. The van der Waals surface area contributed by atoms with Crippen LogP contribution in [0.15, 0.2) is 0 Å². The fourth-order valence-corrected chi connectivity index (χ4v) is 4.19. The molecule has 2 saturated carbocycles. The van der Waals surface area contributed by atoms with Crippen molar-refractivity contribution in [3.63, 3.8) is 0 Å². The summed E-state index contributed by atoms with van der Waals surface area (Å²) in [5.41, 5.74) is -0.0419. The number of amides is 1. The highest BCUT2D eigenvalue weighted by Crippen LogP contribution is 2.42. The van der Waals surface area contributed by atoms with Gasteiger partial charge in [0, 0.05) is 12.5 Å². The number of H-pyrrole nitrogens is 1. The minimum absolute atomic E-state index is 0.0419. The molecule has 2 unspecified atom stereocenters. The molecule has 1 spiro atoms. The van der Waals surface area contributed by atoms with Gasteiger partial charge in [-0.1, -0.05) is 24.5 Å². The molecule has 0 aromatic carbocycles. The molecule has 2 aliphatic carbocycles. The van der Waals surface area contributed by atoms with Crippen LogP contribution in [0.5, 0.6) is 0 Å². The maximum Gasteiger partial charge on any atom is 0.223 e. The van der Waals surface area contributed by atoms with Gasteiger partial charge in [-0.15, -0.1) is 10.2 Å². The Kier molecular flexibility index (Phi) is 4.05. The van der Waals surface area contributed by atoms with Crippen LogP contribution in [0.2, 0.25) is 0 Å². The molecule has 7 heteroatoms. The quantitative estimate of drug-likeness (QED) is 0.884. The molecule has 3 fully saturated rings. The first-order chi connectivity index (χ1) is 11.3. The third-order valence-corrected chi connectivity index (χ3v) is 5.66. The molecule has 3 aliphatic rings. The summed E-state index contributed by atoms with van der Waals surface area (Å²) in [4.78, 5) is 12.8. The summed E-state index contributed by atoms with van der Waals surface area (Å²) in [7, 11) is 0. The van der Waals surface area contributed by atoms with Crippen LogP contribution >= 0.6 is 0 Å². The Bertz CT molecular complexity index is 531. The lowest BCUT2D eigenvalue weighted by Gasteiger charge is -2.43. The minimum atomic E-state index is -0.0913. The van der Waals surface area contributed by atoms with Gasteiger partial charge in [-0.25, -0.2) is 0 Å². The molecule has 1 aliphatic heterocycles. The summed E-state index contributed by atoms with van der Waals surface area (Å²) in [5, 5.41) is 17.5. The van der Waals surface area contributed by atoms with Gasteiger partial charge in [0.2, 0.25) is 5.91 Å². The van der Waals surface area contributed by atoms with Crippen molar-refractivity contribution in [1.29, 1.82) is 0 Å². The number of aromatic amines is 1. The van der Waals surface area contributed by atoms with E-state index in [1.165, 1.54) is 19.3 Å². The maximum absolute atomic E-state index is 12.8. The van der Waals surface area contributed by atoms with Gasteiger partial charge in [0.15, 0.2) is 5.82 Å². The summed E-state index contributed by atoms with van der Waals surface area (Å²) in [6, 6.07) is -0.0913. The molecule has 1 aromatic heterocycles. The van der Waals surface area contributed by atoms with E-state index >= 15 is 0 Å². The summed E-state index contributed by atoms with van der Waals surface area (Å²) in [6.45, 7) is 0.703. The van der Waals surface area contributed by atoms with E-state index in [0.29, 0.717) is 18.3 Å². The number of hydrogen-bond donors (Lipinski definition) is 2. The Morgan fingerprint density at radius 1 is 1.26 bits per heavy atom. The first kappa shape index (κ1) is 15.1. The van der Waals surface area contributed by atoms with E-state index in [-0.39, 0.29) is 23.5 Å². The van der Waals surface area contributed by atoms with Gasteiger partial charge in [0.25, 0.3) is 0 Å². The lowest BCUT2D eigenvalue weighted by Crippen LogP contribution is -2.46. The van der Waals surface area contributed by atoms with Crippen LogP contribution in [0, 0.1) is 11.8 Å². The predicted octanol–water partition coefficient (Wildman–Crippen LogP) is 1.90. The summed E-state index contributed by atoms with van der Waals surface area (Å²) < 4.78 is 6.10. The van der Waals surface area contributed by atoms with Gasteiger partial charge in [0.1, 0.15) is 0 Å². The minimum Gasteiger partial charge on any atom is -0.375 e. The number of ether oxygens (including phenoxy) is 1. The summed E-state index contributed by atoms with van der Waals surface area (Å²) in [6.07, 6.45) is 9.88. The molecule has 2 atom stereocenters. The normalized spacial score (nSPS) is 28.4. The van der Waals surface area contributed by atoms with Crippen molar-refractivity contribution in [2.45, 2.75) is 69.4 Å². The van der Waals surface area contributed by atoms with Crippen molar-refractivity contribution in [3.8, 4) is 0 Å². The van der Waals surface area contributed by atoms with Crippen molar-refractivity contribution < 1.29 is 9.53 Å². The Morgan fingerprint density at radius 3 is 2.78 bits per heavy atom. The number of tetrazole rings is 1.